The number of rotatable bonds is 5. The summed E-state index contributed by atoms with van der Waals surface area (Å²) in [6.07, 6.45) is 0.700. The zero-order valence-corrected chi connectivity index (χ0v) is 11.1. The molecule has 90 valence electrons. The van der Waals surface area contributed by atoms with E-state index in [1.54, 1.807) is 6.07 Å². The Balaban J connectivity index is 2.64. The molecule has 1 aromatic rings. The van der Waals surface area contributed by atoms with Crippen molar-refractivity contribution < 1.29 is 5.11 Å². The molecule has 0 heterocycles. The van der Waals surface area contributed by atoms with Crippen LogP contribution >= 0.6 is 23.2 Å². The summed E-state index contributed by atoms with van der Waals surface area (Å²) in [6, 6.07) is 5.59. The highest BCUT2D eigenvalue weighted by atomic mass is 35.5. The second kappa shape index (κ2) is 5.87. The predicted molar refractivity (Wildman–Crippen MR) is 69.1 cm³/mol. The van der Waals surface area contributed by atoms with Crippen LogP contribution in [0.15, 0.2) is 18.2 Å². The van der Waals surface area contributed by atoms with Gasteiger partial charge in [0, 0.05) is 18.7 Å². The van der Waals surface area contributed by atoms with Gasteiger partial charge in [-0.2, -0.15) is 0 Å². The summed E-state index contributed by atoms with van der Waals surface area (Å²) in [5, 5.41) is 13.4. The lowest BCUT2D eigenvalue weighted by atomic mass is 10.0. The zero-order valence-electron chi connectivity index (χ0n) is 9.56. The van der Waals surface area contributed by atoms with Gasteiger partial charge in [-0.1, -0.05) is 35.3 Å². The van der Waals surface area contributed by atoms with E-state index in [4.69, 9.17) is 28.3 Å². The minimum atomic E-state index is -0.111. The van der Waals surface area contributed by atoms with Gasteiger partial charge in [0.25, 0.3) is 0 Å². The lowest BCUT2D eigenvalue weighted by Gasteiger charge is -2.25. The van der Waals surface area contributed by atoms with Crippen LogP contribution in [0.25, 0.3) is 0 Å². The normalized spacial score (nSPS) is 11.8. The van der Waals surface area contributed by atoms with E-state index in [1.807, 2.05) is 26.0 Å². The largest absolute Gasteiger partial charge is 0.396 e. The van der Waals surface area contributed by atoms with E-state index in [0.29, 0.717) is 23.0 Å². The Morgan fingerprint density at radius 3 is 2.62 bits per heavy atom. The van der Waals surface area contributed by atoms with Crippen LogP contribution in [-0.2, 0) is 6.54 Å². The van der Waals surface area contributed by atoms with Crippen molar-refractivity contribution >= 4 is 23.2 Å². The first-order chi connectivity index (χ1) is 7.46. The average molecular weight is 262 g/mol. The molecule has 0 saturated carbocycles. The van der Waals surface area contributed by atoms with E-state index < -0.39 is 0 Å². The van der Waals surface area contributed by atoms with Gasteiger partial charge in [-0.25, -0.2) is 0 Å². The molecular weight excluding hydrogens is 245 g/mol. The number of halogens is 2. The molecule has 0 amide bonds. The highest BCUT2D eigenvalue weighted by molar-refractivity contribution is 6.42. The molecule has 0 atom stereocenters. The second-order valence-corrected chi connectivity index (χ2v) is 5.21. The molecule has 1 rings (SSSR count). The maximum Gasteiger partial charge on any atom is 0.0637 e. The number of aliphatic hydroxyl groups is 1. The molecular formula is C12H17Cl2NO. The Hall–Kier alpha value is -0.280. The van der Waals surface area contributed by atoms with Gasteiger partial charge < -0.3 is 10.4 Å². The quantitative estimate of drug-likeness (QED) is 0.853. The van der Waals surface area contributed by atoms with Crippen molar-refractivity contribution in [3.63, 3.8) is 0 Å². The first-order valence-electron chi connectivity index (χ1n) is 5.25. The van der Waals surface area contributed by atoms with Gasteiger partial charge in [0.1, 0.15) is 0 Å². The maximum atomic E-state index is 8.91. The van der Waals surface area contributed by atoms with E-state index >= 15 is 0 Å². The molecule has 0 aromatic heterocycles. The fourth-order valence-electron chi connectivity index (χ4n) is 1.39. The lowest BCUT2D eigenvalue weighted by molar-refractivity contribution is 0.230. The second-order valence-electron chi connectivity index (χ2n) is 4.42. The fourth-order valence-corrected chi connectivity index (χ4v) is 1.77. The number of hydrogen-bond acceptors (Lipinski definition) is 2. The van der Waals surface area contributed by atoms with E-state index in [-0.39, 0.29) is 12.1 Å². The minimum Gasteiger partial charge on any atom is -0.396 e. The van der Waals surface area contributed by atoms with Crippen molar-refractivity contribution in [1.29, 1.82) is 0 Å². The van der Waals surface area contributed by atoms with Crippen LogP contribution in [0.2, 0.25) is 10.0 Å². The first kappa shape index (κ1) is 13.8. The standard InChI is InChI=1S/C12H17Cl2NO/c1-12(2,6-7-16)15-8-9-4-3-5-10(13)11(9)14/h3-5,15-16H,6-8H2,1-2H3. The number of aliphatic hydroxyl groups excluding tert-OH is 1. The van der Waals surface area contributed by atoms with E-state index in [2.05, 4.69) is 5.32 Å². The molecule has 2 nitrogen and oxygen atoms in total. The Morgan fingerprint density at radius 1 is 1.31 bits per heavy atom. The van der Waals surface area contributed by atoms with E-state index in [0.717, 1.165) is 5.56 Å². The van der Waals surface area contributed by atoms with Gasteiger partial charge in [-0.3, -0.25) is 0 Å². The topological polar surface area (TPSA) is 32.3 Å². The van der Waals surface area contributed by atoms with Crippen LogP contribution in [-0.4, -0.2) is 17.3 Å². The van der Waals surface area contributed by atoms with Crippen LogP contribution < -0.4 is 5.32 Å². The molecule has 0 saturated heterocycles. The summed E-state index contributed by atoms with van der Waals surface area (Å²) in [7, 11) is 0. The lowest BCUT2D eigenvalue weighted by Crippen LogP contribution is -2.39. The number of hydrogen-bond donors (Lipinski definition) is 2. The number of benzene rings is 1. The van der Waals surface area contributed by atoms with E-state index in [9.17, 15) is 0 Å². The van der Waals surface area contributed by atoms with Gasteiger partial charge in [-0.15, -0.1) is 0 Å². The molecule has 16 heavy (non-hydrogen) atoms. The molecule has 0 aliphatic heterocycles. The Bertz CT molecular complexity index is 353. The van der Waals surface area contributed by atoms with Crippen LogP contribution in [0.4, 0.5) is 0 Å². The van der Waals surface area contributed by atoms with Crippen molar-refractivity contribution in [3.05, 3.63) is 33.8 Å². The Kier molecular flexibility index (Phi) is 5.06. The summed E-state index contributed by atoms with van der Waals surface area (Å²) in [5.74, 6) is 0. The minimum absolute atomic E-state index is 0.111. The van der Waals surface area contributed by atoms with Crippen molar-refractivity contribution in [2.75, 3.05) is 6.61 Å². The Labute approximate surface area is 107 Å². The van der Waals surface area contributed by atoms with Gasteiger partial charge in [0.05, 0.1) is 10.0 Å². The molecule has 0 fully saturated rings. The molecule has 1 aromatic carbocycles. The third-order valence-electron chi connectivity index (χ3n) is 2.53. The van der Waals surface area contributed by atoms with Crippen LogP contribution in [0.5, 0.6) is 0 Å². The van der Waals surface area contributed by atoms with Crippen LogP contribution in [0.1, 0.15) is 25.8 Å². The summed E-state index contributed by atoms with van der Waals surface area (Å²) >= 11 is 12.0. The Morgan fingerprint density at radius 2 is 2.00 bits per heavy atom. The number of nitrogens with one attached hydrogen (secondary N) is 1. The van der Waals surface area contributed by atoms with E-state index in [1.165, 1.54) is 0 Å². The van der Waals surface area contributed by atoms with Crippen molar-refractivity contribution in [1.82, 2.24) is 5.32 Å². The zero-order chi connectivity index (χ0) is 12.2. The van der Waals surface area contributed by atoms with Gasteiger partial charge in [0.15, 0.2) is 0 Å². The third-order valence-corrected chi connectivity index (χ3v) is 3.38. The van der Waals surface area contributed by atoms with Gasteiger partial charge >= 0.3 is 0 Å². The molecule has 0 aliphatic carbocycles. The molecule has 0 radical (unpaired) electrons. The van der Waals surface area contributed by atoms with Crippen LogP contribution in [0.3, 0.4) is 0 Å². The van der Waals surface area contributed by atoms with Gasteiger partial charge in [0.2, 0.25) is 0 Å². The van der Waals surface area contributed by atoms with Gasteiger partial charge in [-0.05, 0) is 31.9 Å². The summed E-state index contributed by atoms with van der Waals surface area (Å²) in [5.41, 5.74) is 0.862. The molecule has 0 aliphatic rings. The summed E-state index contributed by atoms with van der Waals surface area (Å²) in [4.78, 5) is 0. The van der Waals surface area contributed by atoms with Crippen molar-refractivity contribution in [3.8, 4) is 0 Å². The fraction of sp³-hybridized carbons (Fsp3) is 0.500. The smallest absolute Gasteiger partial charge is 0.0637 e. The monoisotopic (exact) mass is 261 g/mol. The third kappa shape index (κ3) is 3.95. The predicted octanol–water partition coefficient (Wildman–Crippen LogP) is 3.24. The molecule has 4 heteroatoms. The molecule has 0 bridgehead atoms. The molecule has 0 spiro atoms. The van der Waals surface area contributed by atoms with Crippen molar-refractivity contribution in [2.45, 2.75) is 32.4 Å². The summed E-state index contributed by atoms with van der Waals surface area (Å²) < 4.78 is 0. The SMILES string of the molecule is CC(C)(CCO)NCc1cccc(Cl)c1Cl. The highest BCUT2D eigenvalue weighted by Crippen LogP contribution is 2.25. The molecule has 2 N–H and O–H groups in total. The molecule has 0 unspecified atom stereocenters. The summed E-state index contributed by atoms with van der Waals surface area (Å²) in [6.45, 7) is 4.90. The highest BCUT2D eigenvalue weighted by Gasteiger charge is 2.16. The van der Waals surface area contributed by atoms with Crippen molar-refractivity contribution in [2.24, 2.45) is 0 Å². The maximum absolute atomic E-state index is 8.91. The first-order valence-corrected chi connectivity index (χ1v) is 6.00. The average Bonchev–Trinajstić information content (AvgIpc) is 2.20. The van der Waals surface area contributed by atoms with Crippen LogP contribution in [0, 0.1) is 0 Å².